The second kappa shape index (κ2) is 5.85. The number of benzene rings is 1. The topological polar surface area (TPSA) is 59.1 Å². The summed E-state index contributed by atoms with van der Waals surface area (Å²) >= 11 is 3.24. The van der Waals surface area contributed by atoms with Crippen LogP contribution in [-0.2, 0) is 6.54 Å². The number of halogens is 1. The van der Waals surface area contributed by atoms with Crippen molar-refractivity contribution in [3.63, 3.8) is 0 Å². The van der Waals surface area contributed by atoms with Crippen LogP contribution in [0.2, 0.25) is 0 Å². The van der Waals surface area contributed by atoms with Crippen molar-refractivity contribution in [2.45, 2.75) is 13.5 Å². The molecule has 0 aliphatic heterocycles. The Morgan fingerprint density at radius 1 is 1.05 bits per heavy atom. The van der Waals surface area contributed by atoms with Crippen molar-refractivity contribution in [2.75, 3.05) is 0 Å². The molecule has 0 saturated heterocycles. The highest BCUT2D eigenvalue weighted by atomic mass is 79.9. The van der Waals surface area contributed by atoms with E-state index in [0.717, 1.165) is 5.56 Å². The number of hydrogen-bond donors (Lipinski definition) is 1. The molecule has 0 amide bonds. The number of fused-ring (bicyclic) bond motifs is 1. The number of aromatic nitrogens is 1. The van der Waals surface area contributed by atoms with Crippen LogP contribution in [0.1, 0.15) is 32.1 Å². The molecule has 0 atom stereocenters. The van der Waals surface area contributed by atoms with Crippen molar-refractivity contribution in [3.05, 3.63) is 75.2 Å². The third kappa shape index (κ3) is 2.60. The summed E-state index contributed by atoms with van der Waals surface area (Å²) in [4.78, 5) is 29.1. The van der Waals surface area contributed by atoms with Crippen LogP contribution in [0.3, 0.4) is 0 Å². The molecule has 2 aromatic rings. The smallest absolute Gasteiger partial charge is 0.221 e. The molecule has 1 aliphatic rings. The summed E-state index contributed by atoms with van der Waals surface area (Å²) in [5, 5.41) is 3.06. The summed E-state index contributed by atoms with van der Waals surface area (Å²) in [6.07, 6.45) is 0. The largest absolute Gasteiger partial charge is 0.377 e. The van der Waals surface area contributed by atoms with Crippen molar-refractivity contribution in [3.8, 4) is 0 Å². The zero-order chi connectivity index (χ0) is 15.7. The Kier molecular flexibility index (Phi) is 3.90. The summed E-state index contributed by atoms with van der Waals surface area (Å²) in [7, 11) is 0. The van der Waals surface area contributed by atoms with E-state index in [1.165, 1.54) is 0 Å². The van der Waals surface area contributed by atoms with Gasteiger partial charge >= 0.3 is 0 Å². The molecule has 0 saturated carbocycles. The van der Waals surface area contributed by atoms with Crippen LogP contribution in [0.25, 0.3) is 0 Å². The molecule has 5 heteroatoms. The molecular formula is C17H13BrN2O2. The van der Waals surface area contributed by atoms with E-state index in [9.17, 15) is 9.59 Å². The molecule has 22 heavy (non-hydrogen) atoms. The number of allylic oxidation sites excluding steroid dienone is 2. The lowest BCUT2D eigenvalue weighted by molar-refractivity contribution is 0.0972. The third-order valence-corrected chi connectivity index (χ3v) is 4.21. The Morgan fingerprint density at radius 3 is 2.50 bits per heavy atom. The zero-order valence-corrected chi connectivity index (χ0v) is 13.5. The zero-order valence-electron chi connectivity index (χ0n) is 11.9. The van der Waals surface area contributed by atoms with Crippen molar-refractivity contribution in [1.29, 1.82) is 0 Å². The van der Waals surface area contributed by atoms with Crippen molar-refractivity contribution >= 4 is 27.5 Å². The van der Waals surface area contributed by atoms with Gasteiger partial charge in [0, 0.05) is 12.2 Å². The fourth-order valence-corrected chi connectivity index (χ4v) is 2.82. The number of ketones is 2. The summed E-state index contributed by atoms with van der Waals surface area (Å²) in [5.41, 5.74) is 2.58. The SMILES string of the molecule is Cc1ccc2c(n1)C(=O)C(Br)=C(NCc1ccccc1)C2=O. The van der Waals surface area contributed by atoms with Crippen LogP contribution in [0.15, 0.2) is 52.6 Å². The van der Waals surface area contributed by atoms with Gasteiger partial charge in [-0.15, -0.1) is 0 Å². The molecule has 4 nitrogen and oxygen atoms in total. The van der Waals surface area contributed by atoms with E-state index < -0.39 is 0 Å². The van der Waals surface area contributed by atoms with Crippen molar-refractivity contribution in [1.82, 2.24) is 10.3 Å². The van der Waals surface area contributed by atoms with Crippen LogP contribution in [-0.4, -0.2) is 16.6 Å². The summed E-state index contributed by atoms with van der Waals surface area (Å²) in [6.45, 7) is 2.26. The average Bonchev–Trinajstić information content (AvgIpc) is 2.53. The Hall–Kier alpha value is -2.27. The van der Waals surface area contributed by atoms with E-state index in [4.69, 9.17) is 0 Å². The van der Waals surface area contributed by atoms with Gasteiger partial charge in [-0.2, -0.15) is 0 Å². The molecule has 0 radical (unpaired) electrons. The highest BCUT2D eigenvalue weighted by Gasteiger charge is 2.32. The molecule has 0 spiro atoms. The molecule has 1 aromatic heterocycles. The molecule has 1 aromatic carbocycles. The predicted octanol–water partition coefficient (Wildman–Crippen LogP) is 3.17. The van der Waals surface area contributed by atoms with Crippen molar-refractivity contribution < 1.29 is 9.59 Å². The Morgan fingerprint density at radius 2 is 1.77 bits per heavy atom. The molecule has 1 N–H and O–H groups in total. The second-order valence-electron chi connectivity index (χ2n) is 5.04. The van der Waals surface area contributed by atoms with E-state index >= 15 is 0 Å². The van der Waals surface area contributed by atoms with E-state index in [1.807, 2.05) is 30.3 Å². The lowest BCUT2D eigenvalue weighted by Gasteiger charge is -2.19. The standard InChI is InChI=1S/C17H13BrN2O2/c1-10-7-8-12-14(20-10)17(22)13(18)15(16(12)21)19-9-11-5-3-2-4-6-11/h2-8,19H,9H2,1H3. The minimum Gasteiger partial charge on any atom is -0.377 e. The molecular weight excluding hydrogens is 344 g/mol. The Labute approximate surface area is 136 Å². The highest BCUT2D eigenvalue weighted by Crippen LogP contribution is 2.27. The van der Waals surface area contributed by atoms with Gasteiger partial charge in [0.25, 0.3) is 0 Å². The predicted molar refractivity (Wildman–Crippen MR) is 86.9 cm³/mol. The van der Waals surface area contributed by atoms with Gasteiger partial charge in [0.15, 0.2) is 0 Å². The van der Waals surface area contributed by atoms with Crippen LogP contribution < -0.4 is 5.32 Å². The second-order valence-corrected chi connectivity index (χ2v) is 5.83. The molecule has 1 aliphatic carbocycles. The fraction of sp³-hybridized carbons (Fsp3) is 0.118. The van der Waals surface area contributed by atoms with Crippen LogP contribution in [0.5, 0.6) is 0 Å². The van der Waals surface area contributed by atoms with E-state index in [0.29, 0.717) is 17.8 Å². The first-order chi connectivity index (χ1) is 10.6. The Bertz CT molecular complexity index is 798. The van der Waals surface area contributed by atoms with Gasteiger partial charge in [0.05, 0.1) is 10.0 Å². The van der Waals surface area contributed by atoms with Crippen LogP contribution in [0.4, 0.5) is 0 Å². The van der Waals surface area contributed by atoms with Gasteiger partial charge in [-0.25, -0.2) is 4.98 Å². The number of hydrogen-bond acceptors (Lipinski definition) is 4. The first-order valence-corrected chi connectivity index (χ1v) is 7.62. The van der Waals surface area contributed by atoms with E-state index in [1.54, 1.807) is 19.1 Å². The highest BCUT2D eigenvalue weighted by molar-refractivity contribution is 9.12. The fourth-order valence-electron chi connectivity index (χ4n) is 2.31. The van der Waals surface area contributed by atoms with Crippen LogP contribution in [0, 0.1) is 6.92 Å². The molecule has 0 unspecified atom stereocenters. The Balaban J connectivity index is 1.92. The first-order valence-electron chi connectivity index (χ1n) is 6.82. The average molecular weight is 357 g/mol. The number of carbonyl (C=O) groups is 2. The van der Waals surface area contributed by atoms with Gasteiger partial charge in [-0.1, -0.05) is 30.3 Å². The number of carbonyl (C=O) groups excluding carboxylic acids is 2. The number of pyridine rings is 1. The van der Waals surface area contributed by atoms with Gasteiger partial charge in [-0.3, -0.25) is 9.59 Å². The van der Waals surface area contributed by atoms with E-state index in [2.05, 4.69) is 26.2 Å². The molecule has 110 valence electrons. The molecule has 0 fully saturated rings. The minimum atomic E-state index is -0.270. The third-order valence-electron chi connectivity index (χ3n) is 3.45. The number of nitrogens with one attached hydrogen (secondary N) is 1. The van der Waals surface area contributed by atoms with Gasteiger partial charge in [0.2, 0.25) is 11.6 Å². The molecule has 0 bridgehead atoms. The van der Waals surface area contributed by atoms with Gasteiger partial charge < -0.3 is 5.32 Å². The summed E-state index contributed by atoms with van der Waals surface area (Å²) in [6, 6.07) is 13.1. The summed E-state index contributed by atoms with van der Waals surface area (Å²) in [5.74, 6) is -0.487. The first kappa shape index (κ1) is 14.7. The number of nitrogens with zero attached hydrogens (tertiary/aromatic N) is 1. The van der Waals surface area contributed by atoms with Crippen LogP contribution >= 0.6 is 15.9 Å². The molecule has 3 rings (SSSR count). The number of aryl methyl sites for hydroxylation is 1. The minimum absolute atomic E-state index is 0.210. The molecule has 1 heterocycles. The lowest BCUT2D eigenvalue weighted by Crippen LogP contribution is -2.29. The quantitative estimate of drug-likeness (QED) is 0.917. The number of Topliss-reactive ketones (excluding diaryl/α,β-unsaturated/α-hetero) is 2. The number of rotatable bonds is 3. The maximum Gasteiger partial charge on any atom is 0.221 e. The maximum absolute atomic E-state index is 12.6. The van der Waals surface area contributed by atoms with Crippen molar-refractivity contribution in [2.24, 2.45) is 0 Å². The normalized spacial score (nSPS) is 14.1. The van der Waals surface area contributed by atoms with E-state index in [-0.39, 0.29) is 27.4 Å². The monoisotopic (exact) mass is 356 g/mol. The lowest BCUT2D eigenvalue weighted by atomic mass is 9.96. The maximum atomic E-state index is 12.6. The van der Waals surface area contributed by atoms with Gasteiger partial charge in [-0.05, 0) is 40.5 Å². The van der Waals surface area contributed by atoms with Gasteiger partial charge in [0.1, 0.15) is 11.4 Å². The summed E-state index contributed by atoms with van der Waals surface area (Å²) < 4.78 is 0.235.